The van der Waals surface area contributed by atoms with Crippen molar-refractivity contribution in [2.24, 2.45) is 5.92 Å². The molecule has 1 N–H and O–H groups in total. The summed E-state index contributed by atoms with van der Waals surface area (Å²) >= 11 is 0. The molecule has 26 heavy (non-hydrogen) atoms. The van der Waals surface area contributed by atoms with Crippen molar-refractivity contribution in [1.82, 2.24) is 10.2 Å². The van der Waals surface area contributed by atoms with E-state index in [-0.39, 0.29) is 30.8 Å². The molecule has 0 unspecified atom stereocenters. The molecule has 1 amide bonds. The molecular weight excluding hydrogens is 328 g/mol. The molecule has 1 aliphatic heterocycles. The lowest BCUT2D eigenvalue weighted by molar-refractivity contribution is -0.142. The minimum Gasteiger partial charge on any atom is -0.469 e. The van der Waals surface area contributed by atoms with Crippen molar-refractivity contribution < 1.29 is 14.3 Å². The second kappa shape index (κ2) is 10.3. The number of hydrogen-bond acceptors (Lipinski definition) is 4. The lowest BCUT2D eigenvalue weighted by Gasteiger charge is -2.33. The summed E-state index contributed by atoms with van der Waals surface area (Å²) in [6.45, 7) is 7.30. The molecule has 5 heteroatoms. The van der Waals surface area contributed by atoms with Gasteiger partial charge in [-0.1, -0.05) is 38.1 Å². The molecule has 1 atom stereocenters. The van der Waals surface area contributed by atoms with E-state index >= 15 is 0 Å². The number of carbonyl (C=O) groups excluding carboxylic acids is 2. The van der Waals surface area contributed by atoms with Crippen LogP contribution in [0.4, 0.5) is 0 Å². The van der Waals surface area contributed by atoms with Gasteiger partial charge in [-0.05, 0) is 42.9 Å². The monoisotopic (exact) mass is 360 g/mol. The Kier molecular flexibility index (Phi) is 8.10. The fraction of sp³-hybridized carbons (Fsp3) is 0.619. The van der Waals surface area contributed by atoms with E-state index in [0.717, 1.165) is 38.9 Å². The topological polar surface area (TPSA) is 58.6 Å². The van der Waals surface area contributed by atoms with E-state index in [1.807, 2.05) is 0 Å². The molecule has 1 aromatic carbocycles. The van der Waals surface area contributed by atoms with Gasteiger partial charge in [-0.3, -0.25) is 14.5 Å². The first-order chi connectivity index (χ1) is 12.5. The van der Waals surface area contributed by atoms with Crippen LogP contribution >= 0.6 is 0 Å². The van der Waals surface area contributed by atoms with Crippen LogP contribution in [0.25, 0.3) is 0 Å². The number of methoxy groups -OCH3 is 1. The third-order valence-electron chi connectivity index (χ3n) is 4.73. The molecule has 1 aromatic rings. The van der Waals surface area contributed by atoms with E-state index in [9.17, 15) is 9.59 Å². The highest BCUT2D eigenvalue weighted by Gasteiger charge is 2.21. The van der Waals surface area contributed by atoms with Crippen LogP contribution in [0.3, 0.4) is 0 Å². The Morgan fingerprint density at radius 2 is 1.88 bits per heavy atom. The molecule has 2 rings (SSSR count). The molecule has 0 aliphatic carbocycles. The Morgan fingerprint density at radius 1 is 1.19 bits per heavy atom. The van der Waals surface area contributed by atoms with Crippen molar-refractivity contribution in [3.8, 4) is 0 Å². The normalized spacial score (nSPS) is 17.9. The first-order valence-corrected chi connectivity index (χ1v) is 9.62. The van der Waals surface area contributed by atoms with Gasteiger partial charge in [0, 0.05) is 25.6 Å². The van der Waals surface area contributed by atoms with Gasteiger partial charge < -0.3 is 10.1 Å². The SMILES string of the molecule is COC(=O)CCC(=O)N[C@H]1CCCN(Cc2ccc(CC(C)C)cc2)C1. The Morgan fingerprint density at radius 3 is 2.54 bits per heavy atom. The van der Waals surface area contributed by atoms with Crippen molar-refractivity contribution in [3.05, 3.63) is 35.4 Å². The molecule has 1 saturated heterocycles. The summed E-state index contributed by atoms with van der Waals surface area (Å²) in [5.41, 5.74) is 2.70. The smallest absolute Gasteiger partial charge is 0.306 e. The molecule has 0 saturated carbocycles. The van der Waals surface area contributed by atoms with Gasteiger partial charge in [-0.2, -0.15) is 0 Å². The van der Waals surface area contributed by atoms with Crippen LogP contribution < -0.4 is 5.32 Å². The van der Waals surface area contributed by atoms with Gasteiger partial charge in [0.05, 0.1) is 13.5 Å². The number of nitrogens with zero attached hydrogens (tertiary/aromatic N) is 1. The van der Waals surface area contributed by atoms with Crippen LogP contribution in [0, 0.1) is 5.92 Å². The van der Waals surface area contributed by atoms with Crippen molar-refractivity contribution in [1.29, 1.82) is 0 Å². The number of esters is 1. The molecule has 0 bridgehead atoms. The summed E-state index contributed by atoms with van der Waals surface area (Å²) in [4.78, 5) is 25.5. The van der Waals surface area contributed by atoms with E-state index in [0.29, 0.717) is 5.92 Å². The average Bonchev–Trinajstić information content (AvgIpc) is 2.61. The minimum absolute atomic E-state index is 0.0692. The highest BCUT2D eigenvalue weighted by molar-refractivity contribution is 5.81. The summed E-state index contributed by atoms with van der Waals surface area (Å²) in [5, 5.41) is 3.06. The number of piperidine rings is 1. The highest BCUT2D eigenvalue weighted by Crippen LogP contribution is 2.16. The van der Waals surface area contributed by atoms with Gasteiger partial charge in [0.2, 0.25) is 5.91 Å². The van der Waals surface area contributed by atoms with Crippen LogP contribution in [0.1, 0.15) is 50.7 Å². The summed E-state index contributed by atoms with van der Waals surface area (Å²) in [7, 11) is 1.34. The van der Waals surface area contributed by atoms with E-state index in [1.54, 1.807) is 0 Å². The second-order valence-electron chi connectivity index (χ2n) is 7.63. The zero-order valence-electron chi connectivity index (χ0n) is 16.3. The Labute approximate surface area is 157 Å². The van der Waals surface area contributed by atoms with Crippen molar-refractivity contribution in [2.75, 3.05) is 20.2 Å². The number of carbonyl (C=O) groups is 2. The van der Waals surface area contributed by atoms with Gasteiger partial charge >= 0.3 is 5.97 Å². The summed E-state index contributed by atoms with van der Waals surface area (Å²) in [6, 6.07) is 9.05. The number of benzene rings is 1. The maximum atomic E-state index is 12.0. The Hall–Kier alpha value is -1.88. The summed E-state index contributed by atoms with van der Waals surface area (Å²) < 4.78 is 4.58. The lowest BCUT2D eigenvalue weighted by atomic mass is 10.0. The van der Waals surface area contributed by atoms with Gasteiger partial charge in [-0.25, -0.2) is 0 Å². The number of likely N-dealkylation sites (tertiary alicyclic amines) is 1. The minimum atomic E-state index is -0.341. The van der Waals surface area contributed by atoms with Crippen LogP contribution in [-0.2, 0) is 27.3 Å². The Bertz CT molecular complexity index is 583. The third kappa shape index (κ3) is 7.16. The maximum absolute atomic E-state index is 12.0. The van der Waals surface area contributed by atoms with Gasteiger partial charge in [0.1, 0.15) is 0 Å². The van der Waals surface area contributed by atoms with Crippen LogP contribution in [0.15, 0.2) is 24.3 Å². The van der Waals surface area contributed by atoms with Gasteiger partial charge in [-0.15, -0.1) is 0 Å². The molecule has 0 radical (unpaired) electrons. The van der Waals surface area contributed by atoms with E-state index in [2.05, 4.69) is 53.1 Å². The maximum Gasteiger partial charge on any atom is 0.306 e. The molecule has 5 nitrogen and oxygen atoms in total. The third-order valence-corrected chi connectivity index (χ3v) is 4.73. The summed E-state index contributed by atoms with van der Waals surface area (Å²) in [5.74, 6) is 0.262. The summed E-state index contributed by atoms with van der Waals surface area (Å²) in [6.07, 6.45) is 3.52. The second-order valence-corrected chi connectivity index (χ2v) is 7.63. The first kappa shape index (κ1) is 20.4. The van der Waals surface area contributed by atoms with Crippen LogP contribution in [0.2, 0.25) is 0 Å². The predicted molar refractivity (Wildman–Crippen MR) is 103 cm³/mol. The number of amides is 1. The molecule has 1 fully saturated rings. The molecule has 1 heterocycles. The Balaban J connectivity index is 1.78. The molecule has 0 aromatic heterocycles. The lowest BCUT2D eigenvalue weighted by Crippen LogP contribution is -2.47. The van der Waals surface area contributed by atoms with Crippen LogP contribution in [0.5, 0.6) is 0 Å². The molecular formula is C21H32N2O3. The van der Waals surface area contributed by atoms with E-state index in [4.69, 9.17) is 0 Å². The highest BCUT2D eigenvalue weighted by atomic mass is 16.5. The first-order valence-electron chi connectivity index (χ1n) is 9.62. The molecule has 1 aliphatic rings. The molecule has 0 spiro atoms. The quantitative estimate of drug-likeness (QED) is 0.724. The standard InChI is InChI=1S/C21H32N2O3/c1-16(2)13-17-6-8-18(9-7-17)14-23-12-4-5-19(15-23)22-20(24)10-11-21(25)26-3/h6-9,16,19H,4-5,10-15H2,1-3H3,(H,22,24)/t19-/m0/s1. The van der Waals surface area contributed by atoms with Crippen molar-refractivity contribution >= 4 is 11.9 Å². The fourth-order valence-electron chi connectivity index (χ4n) is 3.44. The largest absolute Gasteiger partial charge is 0.469 e. The number of rotatable bonds is 8. The molecule has 144 valence electrons. The zero-order chi connectivity index (χ0) is 18.9. The van der Waals surface area contributed by atoms with E-state index in [1.165, 1.54) is 18.2 Å². The predicted octanol–water partition coefficient (Wildman–Crippen LogP) is 2.92. The van der Waals surface area contributed by atoms with Gasteiger partial charge in [0.15, 0.2) is 0 Å². The zero-order valence-corrected chi connectivity index (χ0v) is 16.3. The van der Waals surface area contributed by atoms with Gasteiger partial charge in [0.25, 0.3) is 0 Å². The number of hydrogen-bond donors (Lipinski definition) is 1. The van der Waals surface area contributed by atoms with Crippen molar-refractivity contribution in [3.63, 3.8) is 0 Å². The van der Waals surface area contributed by atoms with Crippen molar-refractivity contribution in [2.45, 2.75) is 58.5 Å². The van der Waals surface area contributed by atoms with E-state index < -0.39 is 0 Å². The number of nitrogens with one attached hydrogen (secondary N) is 1. The fourth-order valence-corrected chi connectivity index (χ4v) is 3.44. The number of ether oxygens (including phenoxy) is 1. The van der Waals surface area contributed by atoms with Crippen LogP contribution in [-0.4, -0.2) is 43.0 Å². The average molecular weight is 360 g/mol.